The average molecular weight is 660 g/mol. The van der Waals surface area contributed by atoms with Crippen LogP contribution in [0.2, 0.25) is 0 Å². The minimum atomic E-state index is 0.933. The molecule has 0 radical (unpaired) electrons. The summed E-state index contributed by atoms with van der Waals surface area (Å²) in [5.41, 5.74) is 9.71. The van der Waals surface area contributed by atoms with Crippen molar-refractivity contribution >= 4 is 75.8 Å². The second kappa shape index (κ2) is 11.3. The molecule has 0 atom stereocenters. The summed E-state index contributed by atoms with van der Waals surface area (Å²) in [5, 5.41) is 13.2. The lowest BCUT2D eigenvalue weighted by Crippen LogP contribution is -1.91. The number of fused-ring (bicyclic) bond motifs is 11. The van der Waals surface area contributed by atoms with Gasteiger partial charge in [-0.15, -0.1) is 0 Å². The van der Waals surface area contributed by atoms with Gasteiger partial charge in [-0.3, -0.25) is 9.97 Å². The van der Waals surface area contributed by atoms with Crippen LogP contribution in [-0.4, -0.2) is 15.0 Å². The molecule has 0 bridgehead atoms. The summed E-state index contributed by atoms with van der Waals surface area (Å²) in [6.45, 7) is 0. The highest BCUT2D eigenvalue weighted by atomic mass is 14.7. The van der Waals surface area contributed by atoms with E-state index in [1.807, 2.05) is 24.5 Å². The summed E-state index contributed by atoms with van der Waals surface area (Å²) in [7, 11) is 0. The van der Waals surface area contributed by atoms with Crippen LogP contribution in [0, 0.1) is 0 Å². The van der Waals surface area contributed by atoms with Crippen LogP contribution >= 0.6 is 0 Å². The van der Waals surface area contributed by atoms with Gasteiger partial charge in [0.2, 0.25) is 0 Å². The van der Waals surface area contributed by atoms with Crippen molar-refractivity contribution in [3.8, 4) is 33.5 Å². The van der Waals surface area contributed by atoms with Crippen LogP contribution < -0.4 is 0 Å². The van der Waals surface area contributed by atoms with Crippen molar-refractivity contribution in [1.29, 1.82) is 0 Å². The summed E-state index contributed by atoms with van der Waals surface area (Å²) in [4.78, 5) is 14.6. The fraction of sp³-hybridized carbons (Fsp3) is 0. The second-order valence-corrected chi connectivity index (χ2v) is 13.6. The Labute approximate surface area is 299 Å². The Balaban J connectivity index is 1.01. The monoisotopic (exact) mass is 659 g/mol. The fourth-order valence-corrected chi connectivity index (χ4v) is 8.19. The molecule has 0 unspecified atom stereocenters. The van der Waals surface area contributed by atoms with Gasteiger partial charge in [-0.05, 0) is 91.0 Å². The molecular weight excluding hydrogens is 631 g/mol. The quantitative estimate of drug-likeness (QED) is 0.177. The molecule has 0 spiro atoms. The molecular formula is C49H29N3. The zero-order chi connectivity index (χ0) is 34.2. The highest BCUT2D eigenvalue weighted by Gasteiger charge is 2.15. The van der Waals surface area contributed by atoms with Crippen LogP contribution in [0.1, 0.15) is 0 Å². The molecule has 240 valence electrons. The zero-order valence-corrected chi connectivity index (χ0v) is 28.1. The summed E-state index contributed by atoms with van der Waals surface area (Å²) in [5.74, 6) is 0. The highest BCUT2D eigenvalue weighted by Crippen LogP contribution is 2.39. The number of para-hydroxylation sites is 1. The van der Waals surface area contributed by atoms with E-state index in [1.54, 1.807) is 0 Å². The first-order chi connectivity index (χ1) is 25.8. The third-order valence-corrected chi connectivity index (χ3v) is 10.7. The summed E-state index contributed by atoms with van der Waals surface area (Å²) in [6.07, 6.45) is 3.69. The van der Waals surface area contributed by atoms with Crippen molar-refractivity contribution in [1.82, 2.24) is 15.0 Å². The fourth-order valence-electron chi connectivity index (χ4n) is 8.19. The topological polar surface area (TPSA) is 38.7 Å². The van der Waals surface area contributed by atoms with E-state index < -0.39 is 0 Å². The molecule has 3 aromatic heterocycles. The van der Waals surface area contributed by atoms with Crippen LogP contribution in [0.15, 0.2) is 176 Å². The number of hydrogen-bond donors (Lipinski definition) is 0. The number of pyridine rings is 3. The lowest BCUT2D eigenvalue weighted by atomic mass is 9.92. The minimum Gasteiger partial charge on any atom is -0.254 e. The van der Waals surface area contributed by atoms with Gasteiger partial charge in [0.05, 0.1) is 22.2 Å². The first-order valence-corrected chi connectivity index (χ1v) is 17.7. The third-order valence-electron chi connectivity index (χ3n) is 10.7. The summed E-state index contributed by atoms with van der Waals surface area (Å²) in [6, 6.07) is 59.1. The van der Waals surface area contributed by atoms with Crippen molar-refractivity contribution in [3.05, 3.63) is 176 Å². The van der Waals surface area contributed by atoms with Gasteiger partial charge in [-0.1, -0.05) is 127 Å². The number of nitrogens with zero attached hydrogens (tertiary/aromatic N) is 3. The summed E-state index contributed by atoms with van der Waals surface area (Å²) < 4.78 is 0. The van der Waals surface area contributed by atoms with E-state index in [-0.39, 0.29) is 0 Å². The van der Waals surface area contributed by atoms with E-state index in [9.17, 15) is 0 Å². The molecule has 0 N–H and O–H groups in total. The molecule has 3 heterocycles. The van der Waals surface area contributed by atoms with Crippen molar-refractivity contribution in [2.75, 3.05) is 0 Å². The van der Waals surface area contributed by atoms with Crippen LogP contribution in [0.25, 0.3) is 109 Å². The number of aromatic nitrogens is 3. The highest BCUT2D eigenvalue weighted by molar-refractivity contribution is 6.22. The standard InChI is InChI=1S/C49H29N3/c1-2-9-39-31(7-1)21-24-42-46(39)41-10-3-4-12-45(41)52-47(42)33-17-13-30(14-18-33)34-19-15-32-16-20-35-27-36(22-23-38(35)43(32)28-34)44-29-37-8-5-25-50-48(37)49-40(44)11-6-26-51-49/h1-29H. The van der Waals surface area contributed by atoms with Crippen LogP contribution in [-0.2, 0) is 0 Å². The maximum Gasteiger partial charge on any atom is 0.0970 e. The Hall–Kier alpha value is -6.97. The van der Waals surface area contributed by atoms with E-state index in [4.69, 9.17) is 9.97 Å². The van der Waals surface area contributed by atoms with Gasteiger partial charge in [-0.2, -0.15) is 0 Å². The smallest absolute Gasteiger partial charge is 0.0970 e. The molecule has 8 aromatic carbocycles. The van der Waals surface area contributed by atoms with E-state index in [2.05, 4.69) is 157 Å². The van der Waals surface area contributed by atoms with E-state index in [1.165, 1.54) is 70.7 Å². The van der Waals surface area contributed by atoms with Crippen LogP contribution in [0.5, 0.6) is 0 Å². The van der Waals surface area contributed by atoms with Gasteiger partial charge in [0.15, 0.2) is 0 Å². The molecule has 0 aliphatic rings. The molecule has 0 aliphatic heterocycles. The van der Waals surface area contributed by atoms with Gasteiger partial charge >= 0.3 is 0 Å². The lowest BCUT2D eigenvalue weighted by Gasteiger charge is -2.13. The number of benzene rings is 8. The van der Waals surface area contributed by atoms with Crippen molar-refractivity contribution in [2.24, 2.45) is 0 Å². The molecule has 3 heteroatoms. The predicted molar refractivity (Wildman–Crippen MR) is 219 cm³/mol. The van der Waals surface area contributed by atoms with Crippen LogP contribution in [0.3, 0.4) is 0 Å². The predicted octanol–water partition coefficient (Wildman–Crippen LogP) is 12.9. The largest absolute Gasteiger partial charge is 0.254 e. The van der Waals surface area contributed by atoms with Crippen molar-refractivity contribution in [3.63, 3.8) is 0 Å². The minimum absolute atomic E-state index is 0.933. The van der Waals surface area contributed by atoms with E-state index in [0.29, 0.717) is 0 Å². The van der Waals surface area contributed by atoms with Crippen LogP contribution in [0.4, 0.5) is 0 Å². The molecule has 0 saturated heterocycles. The molecule has 52 heavy (non-hydrogen) atoms. The van der Waals surface area contributed by atoms with Gasteiger partial charge in [0, 0.05) is 44.9 Å². The molecule has 11 rings (SSSR count). The maximum atomic E-state index is 5.21. The molecule has 3 nitrogen and oxygen atoms in total. The van der Waals surface area contributed by atoms with Gasteiger partial charge in [0.25, 0.3) is 0 Å². The summed E-state index contributed by atoms with van der Waals surface area (Å²) >= 11 is 0. The number of rotatable bonds is 3. The SMILES string of the molecule is c1ccc2c(c1)ccc1c(-c3ccc(-c4ccc5ccc6cc(-c7cc8cccnc8c8ncccc78)ccc6c5c4)cc3)nc3ccccc3c12. The van der Waals surface area contributed by atoms with Crippen molar-refractivity contribution in [2.45, 2.75) is 0 Å². The normalized spacial score (nSPS) is 11.8. The third kappa shape index (κ3) is 4.43. The number of hydrogen-bond acceptors (Lipinski definition) is 3. The Kier molecular flexibility index (Phi) is 6.25. The van der Waals surface area contributed by atoms with Gasteiger partial charge in [-0.25, -0.2) is 4.98 Å². The van der Waals surface area contributed by atoms with E-state index in [0.717, 1.165) is 38.6 Å². The average Bonchev–Trinajstić information content (AvgIpc) is 3.22. The Morgan fingerprint density at radius 1 is 0.327 bits per heavy atom. The molecule has 0 saturated carbocycles. The Morgan fingerprint density at radius 2 is 0.962 bits per heavy atom. The van der Waals surface area contributed by atoms with Crippen molar-refractivity contribution < 1.29 is 0 Å². The second-order valence-electron chi connectivity index (χ2n) is 13.6. The zero-order valence-electron chi connectivity index (χ0n) is 28.1. The maximum absolute atomic E-state index is 5.21. The van der Waals surface area contributed by atoms with Gasteiger partial charge < -0.3 is 0 Å². The first kappa shape index (κ1) is 28.8. The molecule has 0 amide bonds. The Morgan fingerprint density at radius 3 is 1.88 bits per heavy atom. The molecule has 0 fully saturated rings. The first-order valence-electron chi connectivity index (χ1n) is 17.7. The molecule has 11 aromatic rings. The van der Waals surface area contributed by atoms with E-state index >= 15 is 0 Å². The molecule has 0 aliphatic carbocycles. The Bertz CT molecular complexity index is 3220. The van der Waals surface area contributed by atoms with Gasteiger partial charge in [0.1, 0.15) is 0 Å². The lowest BCUT2D eigenvalue weighted by molar-refractivity contribution is 1.37.